The van der Waals surface area contributed by atoms with Gasteiger partial charge in [0.05, 0.1) is 0 Å². The maximum atomic E-state index is 18.1. The van der Waals surface area contributed by atoms with E-state index in [-0.39, 0.29) is 44.0 Å². The SMILES string of the molecule is CC(C)(C)C(=O)N(CCCc1ccccc1)c1ccc(F)[c]([Ti]([c]2c(F)ccc(N(CCCc3ccccc3)C(=O)C(C)(C)C)c2F)([CH]2C=CC=C2)[CH]2C=CC=C2)c1F. The Hall–Kier alpha value is -4.79. The summed E-state index contributed by atoms with van der Waals surface area (Å²) in [4.78, 5) is 31.2. The van der Waals surface area contributed by atoms with E-state index in [1.54, 1.807) is 90.2 Å². The van der Waals surface area contributed by atoms with Crippen LogP contribution >= 0.6 is 0 Å². The van der Waals surface area contributed by atoms with Gasteiger partial charge in [-0.1, -0.05) is 0 Å². The third kappa shape index (κ3) is 9.19. The van der Waals surface area contributed by atoms with Crippen molar-refractivity contribution in [3.8, 4) is 0 Å². The van der Waals surface area contributed by atoms with Gasteiger partial charge in [-0.25, -0.2) is 0 Å². The molecule has 0 aliphatic heterocycles. The molecule has 0 N–H and O–H groups in total. The van der Waals surface area contributed by atoms with Gasteiger partial charge in [0.25, 0.3) is 0 Å². The van der Waals surface area contributed by atoms with Crippen LogP contribution in [0.25, 0.3) is 0 Å². The van der Waals surface area contributed by atoms with Crippen molar-refractivity contribution in [3.05, 3.63) is 168 Å². The zero-order valence-corrected chi connectivity index (χ0v) is 36.4. The van der Waals surface area contributed by atoms with Crippen LogP contribution in [0.3, 0.4) is 0 Å². The predicted molar refractivity (Wildman–Crippen MR) is 229 cm³/mol. The number of amides is 2. The van der Waals surface area contributed by atoms with Crippen LogP contribution in [0.4, 0.5) is 28.9 Å². The van der Waals surface area contributed by atoms with Crippen molar-refractivity contribution in [2.24, 2.45) is 10.8 Å². The van der Waals surface area contributed by atoms with Gasteiger partial charge in [0, 0.05) is 0 Å². The third-order valence-corrected chi connectivity index (χ3v) is 19.8. The number of allylic oxidation sites excluding steroid dienone is 8. The van der Waals surface area contributed by atoms with Crippen LogP contribution in [0.2, 0.25) is 8.45 Å². The van der Waals surface area contributed by atoms with Crippen molar-refractivity contribution < 1.29 is 43.7 Å². The van der Waals surface area contributed by atoms with E-state index in [9.17, 15) is 9.59 Å². The second-order valence-corrected chi connectivity index (χ2v) is 23.9. The molecule has 0 heterocycles. The fraction of sp³-hybridized carbons (Fsp3) is 0.320. The van der Waals surface area contributed by atoms with E-state index < -0.39 is 59.1 Å². The molecule has 0 saturated carbocycles. The molecule has 0 saturated heterocycles. The number of rotatable bonds is 14. The fourth-order valence-electron chi connectivity index (χ4n) is 8.39. The van der Waals surface area contributed by atoms with Crippen molar-refractivity contribution in [2.75, 3.05) is 22.9 Å². The number of nitrogens with zero attached hydrogens (tertiary/aromatic N) is 2. The zero-order valence-electron chi connectivity index (χ0n) is 34.8. The van der Waals surface area contributed by atoms with Gasteiger partial charge in [0.2, 0.25) is 0 Å². The van der Waals surface area contributed by atoms with Gasteiger partial charge in [0.1, 0.15) is 0 Å². The van der Waals surface area contributed by atoms with Crippen molar-refractivity contribution in [1.29, 1.82) is 0 Å². The second-order valence-electron chi connectivity index (χ2n) is 17.6. The van der Waals surface area contributed by atoms with E-state index >= 15 is 17.6 Å². The van der Waals surface area contributed by atoms with Crippen LogP contribution in [0.15, 0.2) is 134 Å². The molecule has 2 aliphatic carbocycles. The first-order valence-electron chi connectivity index (χ1n) is 20.5. The van der Waals surface area contributed by atoms with Crippen molar-refractivity contribution >= 4 is 30.9 Å². The molecule has 6 rings (SSSR count). The third-order valence-electron chi connectivity index (χ3n) is 11.3. The first-order chi connectivity index (χ1) is 28.1. The number of carbonyl (C=O) groups is 2. The average molecular weight is 839 g/mol. The van der Waals surface area contributed by atoms with Gasteiger partial charge in [-0.05, 0) is 0 Å². The monoisotopic (exact) mass is 838 g/mol. The molecule has 0 spiro atoms. The van der Waals surface area contributed by atoms with E-state index in [1.165, 1.54) is 21.9 Å². The topological polar surface area (TPSA) is 40.6 Å². The van der Waals surface area contributed by atoms with Crippen LogP contribution < -0.4 is 17.5 Å². The van der Waals surface area contributed by atoms with Crippen molar-refractivity contribution in [1.82, 2.24) is 0 Å². The van der Waals surface area contributed by atoms with Gasteiger partial charge >= 0.3 is 352 Å². The number of benzene rings is 4. The minimum atomic E-state index is -5.30. The summed E-state index contributed by atoms with van der Waals surface area (Å²) in [7, 11) is 0. The summed E-state index contributed by atoms with van der Waals surface area (Å²) in [5.41, 5.74) is -0.0387. The predicted octanol–water partition coefficient (Wildman–Crippen LogP) is 11.2. The van der Waals surface area contributed by atoms with E-state index in [0.717, 1.165) is 23.3 Å². The molecule has 4 aromatic rings. The first kappa shape index (κ1) is 43.8. The summed E-state index contributed by atoms with van der Waals surface area (Å²) in [6.07, 6.45) is 16.2. The summed E-state index contributed by atoms with van der Waals surface area (Å²) in [5, 5.41) is 0. The summed E-state index contributed by atoms with van der Waals surface area (Å²) in [6.45, 7) is 10.7. The Bertz CT molecular complexity index is 2090. The van der Waals surface area contributed by atoms with Crippen LogP contribution in [0.5, 0.6) is 0 Å². The summed E-state index contributed by atoms with van der Waals surface area (Å²) in [5.74, 6) is -4.61. The summed E-state index contributed by atoms with van der Waals surface area (Å²) >= 11 is -5.30. The number of hydrogen-bond donors (Lipinski definition) is 0. The van der Waals surface area contributed by atoms with Gasteiger partial charge < -0.3 is 0 Å². The molecular weight excluding hydrogens is 784 g/mol. The Morgan fingerprint density at radius 2 is 0.864 bits per heavy atom. The van der Waals surface area contributed by atoms with Gasteiger partial charge in [-0.3, -0.25) is 0 Å². The summed E-state index contributed by atoms with van der Waals surface area (Å²) in [6, 6.07) is 24.3. The molecule has 0 atom stereocenters. The van der Waals surface area contributed by atoms with E-state index in [4.69, 9.17) is 0 Å². The molecule has 0 radical (unpaired) electrons. The molecule has 2 amide bonds. The molecule has 0 bridgehead atoms. The van der Waals surface area contributed by atoms with Crippen molar-refractivity contribution in [3.63, 3.8) is 0 Å². The molecule has 59 heavy (non-hydrogen) atoms. The molecule has 4 aromatic carbocycles. The average Bonchev–Trinajstić information content (AvgIpc) is 3.95. The van der Waals surface area contributed by atoms with E-state index in [2.05, 4.69) is 0 Å². The van der Waals surface area contributed by atoms with E-state index in [1.807, 2.05) is 60.7 Å². The quantitative estimate of drug-likeness (QED) is 0.0938. The molecule has 4 nitrogen and oxygen atoms in total. The molecule has 0 aromatic heterocycles. The van der Waals surface area contributed by atoms with E-state index in [0.29, 0.717) is 25.7 Å². The standard InChI is InChI=1S/2C20H22F2NO.2C5H5.Ti/c2*1-20(2,3)19(24)23(18-12-11-16(21)14-17(18)22)13-7-10-15-8-5-4-6-9-15;2*1-2-4-5-3-1;/h2*4-6,8-9,11-12H,7,10,13H2,1-3H3;2*1-5H;. The Labute approximate surface area is 350 Å². The fourth-order valence-corrected chi connectivity index (χ4v) is 17.2. The Morgan fingerprint density at radius 3 is 1.19 bits per heavy atom. The summed E-state index contributed by atoms with van der Waals surface area (Å²) < 4.78 is 68.2. The van der Waals surface area contributed by atoms with Gasteiger partial charge in [-0.15, -0.1) is 0 Å². The molecule has 2 aliphatic rings. The minimum absolute atomic E-state index is 0.129. The van der Waals surface area contributed by atoms with Crippen LogP contribution in [-0.2, 0) is 39.0 Å². The van der Waals surface area contributed by atoms with Crippen LogP contribution in [0.1, 0.15) is 65.5 Å². The molecule has 0 fully saturated rings. The first-order valence-corrected chi connectivity index (χ1v) is 23.8. The zero-order chi connectivity index (χ0) is 42.5. The van der Waals surface area contributed by atoms with Gasteiger partial charge in [0.15, 0.2) is 0 Å². The normalized spacial score (nSPS) is 14.4. The Balaban J connectivity index is 1.57. The Kier molecular flexibility index (Phi) is 13.5. The van der Waals surface area contributed by atoms with Crippen molar-refractivity contribution in [2.45, 2.75) is 75.7 Å². The number of aryl methyl sites for hydroxylation is 2. The number of halogens is 4. The maximum absolute atomic E-state index is 18.1. The van der Waals surface area contributed by atoms with Gasteiger partial charge in [-0.2, -0.15) is 0 Å². The molecular formula is C50H54F4N2O2Ti. The van der Waals surface area contributed by atoms with Crippen LogP contribution in [-0.4, -0.2) is 24.9 Å². The molecule has 308 valence electrons. The Morgan fingerprint density at radius 1 is 0.525 bits per heavy atom. The second kappa shape index (κ2) is 18.2. The van der Waals surface area contributed by atoms with Crippen LogP contribution in [0, 0.1) is 34.1 Å². The number of anilines is 2. The number of hydrogen-bond acceptors (Lipinski definition) is 2. The number of carbonyl (C=O) groups excluding carboxylic acids is 2. The molecule has 9 heteroatoms. The molecule has 0 unspecified atom stereocenters.